The van der Waals surface area contributed by atoms with Crippen LogP contribution in [-0.4, -0.2) is 58.7 Å². The molecule has 5 nitrogen and oxygen atoms in total. The summed E-state index contributed by atoms with van der Waals surface area (Å²) in [6.45, 7) is 10.2. The summed E-state index contributed by atoms with van der Waals surface area (Å²) in [5, 5.41) is 5.46. The molecule has 2 fully saturated rings. The lowest BCUT2D eigenvalue weighted by Crippen LogP contribution is -2.48. The van der Waals surface area contributed by atoms with E-state index in [1.54, 1.807) is 0 Å². The first-order chi connectivity index (χ1) is 14.5. The van der Waals surface area contributed by atoms with Gasteiger partial charge in [-0.2, -0.15) is 0 Å². The molecule has 0 aliphatic carbocycles. The Morgan fingerprint density at radius 1 is 1.07 bits per heavy atom. The van der Waals surface area contributed by atoms with E-state index in [1.807, 2.05) is 36.7 Å². The van der Waals surface area contributed by atoms with Crippen molar-refractivity contribution >= 4 is 23.2 Å². The minimum absolute atomic E-state index is 0.0688. The maximum atomic E-state index is 13.4. The van der Waals surface area contributed by atoms with Crippen molar-refractivity contribution in [3.8, 4) is 0 Å². The van der Waals surface area contributed by atoms with Crippen molar-refractivity contribution in [1.82, 2.24) is 9.80 Å². The highest BCUT2D eigenvalue weighted by molar-refractivity contribution is 6.30. The van der Waals surface area contributed by atoms with Crippen LogP contribution in [0.3, 0.4) is 0 Å². The van der Waals surface area contributed by atoms with Gasteiger partial charge < -0.3 is 9.80 Å². The van der Waals surface area contributed by atoms with Crippen LogP contribution in [0.5, 0.6) is 0 Å². The predicted octanol–water partition coefficient (Wildman–Crippen LogP) is 5.29. The van der Waals surface area contributed by atoms with Gasteiger partial charge in [-0.25, -0.2) is 0 Å². The highest BCUT2D eigenvalue weighted by Crippen LogP contribution is 2.33. The molecule has 0 radical (unpaired) electrons. The summed E-state index contributed by atoms with van der Waals surface area (Å²) in [5.74, 6) is 0.159. The van der Waals surface area contributed by atoms with Gasteiger partial charge in [0, 0.05) is 42.7 Å². The summed E-state index contributed by atoms with van der Waals surface area (Å²) in [5.41, 5.74) is 3.74. The molecule has 6 heteroatoms. The van der Waals surface area contributed by atoms with Crippen molar-refractivity contribution in [2.45, 2.75) is 71.4 Å². The predicted molar refractivity (Wildman–Crippen MR) is 120 cm³/mol. The van der Waals surface area contributed by atoms with Gasteiger partial charge in [-0.1, -0.05) is 29.1 Å². The Kier molecular flexibility index (Phi) is 6.59. The van der Waals surface area contributed by atoms with E-state index in [4.69, 9.17) is 16.7 Å². The second-order valence-electron chi connectivity index (χ2n) is 9.02. The summed E-state index contributed by atoms with van der Waals surface area (Å²) in [6, 6.07) is 6.39. The van der Waals surface area contributed by atoms with Gasteiger partial charge in [-0.15, -0.1) is 0 Å². The van der Waals surface area contributed by atoms with Gasteiger partial charge in [-0.3, -0.25) is 4.79 Å². The van der Waals surface area contributed by atoms with Crippen molar-refractivity contribution in [2.24, 2.45) is 5.11 Å². The zero-order valence-electron chi connectivity index (χ0n) is 18.5. The molecule has 30 heavy (non-hydrogen) atoms. The van der Waals surface area contributed by atoms with Gasteiger partial charge in [0.1, 0.15) is 11.3 Å². The number of hydrogen-bond acceptors (Lipinski definition) is 3. The molecule has 1 unspecified atom stereocenters. The second-order valence-corrected chi connectivity index (χ2v) is 9.46. The Labute approximate surface area is 185 Å². The highest BCUT2D eigenvalue weighted by Gasteiger charge is 2.40. The Morgan fingerprint density at radius 2 is 1.73 bits per heavy atom. The molecule has 1 aromatic carbocycles. The number of halogens is 1. The third kappa shape index (κ3) is 4.33. The van der Waals surface area contributed by atoms with Crippen LogP contribution in [0.25, 0.3) is 0 Å². The van der Waals surface area contributed by atoms with Crippen LogP contribution >= 0.6 is 11.6 Å². The van der Waals surface area contributed by atoms with Gasteiger partial charge in [0.05, 0.1) is 0 Å². The fourth-order valence-electron chi connectivity index (χ4n) is 5.26. The van der Waals surface area contributed by atoms with Gasteiger partial charge >= 0.3 is 0 Å². The van der Waals surface area contributed by atoms with Gasteiger partial charge in [0.15, 0.2) is 0 Å². The summed E-state index contributed by atoms with van der Waals surface area (Å²) >= 11 is 6.12. The lowest BCUT2D eigenvalue weighted by atomic mass is 9.99. The van der Waals surface area contributed by atoms with Crippen molar-refractivity contribution in [3.63, 3.8) is 0 Å². The monoisotopic (exact) mass is 429 g/mol. The molecular weight excluding hydrogens is 396 g/mol. The fourth-order valence-corrected chi connectivity index (χ4v) is 5.49. The molecule has 0 spiro atoms. The van der Waals surface area contributed by atoms with Crippen LogP contribution in [0.15, 0.2) is 34.6 Å². The normalized spacial score (nSPS) is 24.2. The Hall–Kier alpha value is -1.72. The number of piperidine rings is 1. The number of allylic oxidation sites excluding steroid dienone is 1. The molecule has 1 aromatic rings. The number of amides is 1. The molecule has 3 aliphatic heterocycles. The minimum Gasteiger partial charge on any atom is -0.339 e. The van der Waals surface area contributed by atoms with E-state index in [0.717, 1.165) is 53.5 Å². The average molecular weight is 430 g/mol. The van der Waals surface area contributed by atoms with E-state index in [0.29, 0.717) is 6.04 Å². The van der Waals surface area contributed by atoms with Gasteiger partial charge in [0.2, 0.25) is 11.7 Å². The molecule has 0 aromatic heterocycles. The van der Waals surface area contributed by atoms with Crippen molar-refractivity contribution in [3.05, 3.63) is 40.1 Å². The number of benzene rings is 1. The fraction of sp³-hybridized carbons (Fsp3) is 0.625. The summed E-state index contributed by atoms with van der Waals surface area (Å²) in [4.78, 5) is 18.2. The van der Waals surface area contributed by atoms with Crippen LogP contribution in [0, 0.1) is 6.92 Å². The molecule has 1 atom stereocenters. The topological polar surface area (TPSA) is 38.9 Å². The van der Waals surface area contributed by atoms with E-state index in [-0.39, 0.29) is 11.9 Å². The smallest absolute Gasteiger partial charge is 0.258 e. The second kappa shape index (κ2) is 9.19. The standard InChI is InChI=1S/C24H34ClN4O/c1-17-16-20(25)8-9-22(17)29-19(3)23(18(2)26-29)24(30)28-14-10-21(11-15-28)27-12-6-4-5-7-13-27/h8-9,16,19,21H,4-7,10-15H2,1-3H3/q+1. The Balaban J connectivity index is 1.41. The molecule has 2 saturated heterocycles. The lowest BCUT2D eigenvalue weighted by molar-refractivity contribution is -0.528. The van der Waals surface area contributed by atoms with E-state index in [9.17, 15) is 4.79 Å². The van der Waals surface area contributed by atoms with E-state index in [1.165, 1.54) is 38.8 Å². The maximum absolute atomic E-state index is 13.4. The molecule has 3 heterocycles. The number of carbonyl (C=O) groups excluding carboxylic acids is 1. The molecule has 162 valence electrons. The van der Waals surface area contributed by atoms with E-state index in [2.05, 4.69) is 16.7 Å². The first-order valence-corrected chi connectivity index (χ1v) is 11.8. The summed E-state index contributed by atoms with van der Waals surface area (Å²) < 4.78 is 1.97. The SMILES string of the molecule is CC1=C(C(=O)N2CCC(N3CCCCCC3)CC2)C(C)[N+](c2ccc(Cl)cc2C)=N1. The van der Waals surface area contributed by atoms with Crippen LogP contribution in [0.4, 0.5) is 5.69 Å². The zero-order chi connectivity index (χ0) is 21.3. The maximum Gasteiger partial charge on any atom is 0.258 e. The number of aryl methyl sites for hydroxylation is 1. The minimum atomic E-state index is -0.0688. The number of nitrogens with zero attached hydrogens (tertiary/aromatic N) is 4. The number of hydrogen-bond donors (Lipinski definition) is 0. The largest absolute Gasteiger partial charge is 0.339 e. The van der Waals surface area contributed by atoms with Crippen molar-refractivity contribution < 1.29 is 9.49 Å². The average Bonchev–Trinajstić information content (AvgIpc) is 2.91. The van der Waals surface area contributed by atoms with Gasteiger partial charge in [0.25, 0.3) is 5.91 Å². The molecule has 0 saturated carbocycles. The number of rotatable bonds is 3. The molecule has 3 aliphatic rings. The van der Waals surface area contributed by atoms with Crippen LogP contribution in [-0.2, 0) is 4.79 Å². The molecule has 0 bridgehead atoms. The van der Waals surface area contributed by atoms with Crippen LogP contribution < -0.4 is 0 Å². The first kappa shape index (κ1) is 21.5. The molecule has 4 rings (SSSR count). The quantitative estimate of drug-likeness (QED) is 0.612. The summed E-state index contributed by atoms with van der Waals surface area (Å²) in [6.07, 6.45) is 7.56. The van der Waals surface area contributed by atoms with Gasteiger partial charge in [-0.05, 0) is 69.9 Å². The third-order valence-corrected chi connectivity index (χ3v) is 7.21. The third-order valence-electron chi connectivity index (χ3n) is 6.98. The molecule has 1 amide bonds. The Bertz CT molecular complexity index is 862. The van der Waals surface area contributed by atoms with Crippen LogP contribution in [0.2, 0.25) is 5.02 Å². The molecular formula is C24H34ClN4O+. The molecule has 0 N–H and O–H groups in total. The van der Waals surface area contributed by atoms with E-state index >= 15 is 0 Å². The van der Waals surface area contributed by atoms with Crippen molar-refractivity contribution in [1.29, 1.82) is 0 Å². The number of azo groups is 2. The number of likely N-dealkylation sites (tertiary alicyclic amines) is 2. The van der Waals surface area contributed by atoms with Crippen molar-refractivity contribution in [2.75, 3.05) is 26.2 Å². The number of carbonyl (C=O) groups is 1. The zero-order valence-corrected chi connectivity index (χ0v) is 19.3. The summed E-state index contributed by atoms with van der Waals surface area (Å²) in [7, 11) is 0. The Morgan fingerprint density at radius 3 is 2.37 bits per heavy atom. The first-order valence-electron chi connectivity index (χ1n) is 11.5. The van der Waals surface area contributed by atoms with E-state index < -0.39 is 0 Å². The van der Waals surface area contributed by atoms with Crippen LogP contribution in [0.1, 0.15) is 57.9 Å². The highest BCUT2D eigenvalue weighted by atomic mass is 35.5. The lowest BCUT2D eigenvalue weighted by Gasteiger charge is -2.38.